The minimum absolute atomic E-state index is 0.202. The van der Waals surface area contributed by atoms with Gasteiger partial charge in [0.25, 0.3) is 0 Å². The molecule has 0 radical (unpaired) electrons. The van der Waals surface area contributed by atoms with E-state index in [0.717, 1.165) is 0 Å². The highest BCUT2D eigenvalue weighted by Gasteiger charge is 2.68. The average molecular weight is 450 g/mol. The summed E-state index contributed by atoms with van der Waals surface area (Å²) in [4.78, 5) is 22.5. The SMILES string of the molecule is C=CC(=O)OC(OCCCC(F)(F)C(F)(F)S(=O)(=O)O)(C(=O)OC)C(F)(F)F. The lowest BCUT2D eigenvalue weighted by Gasteiger charge is -2.31. The standard InChI is InChI=1S/C12H13F7O8S/c1-3-7(20)27-10(8(21)25-2,11(15,16)17)26-6-4-5-9(13,14)12(18,19)28(22,23)24/h3H,1,4-6H2,2H3,(H,22,23,24). The number of hydrogen-bond acceptors (Lipinski definition) is 7. The van der Waals surface area contributed by atoms with Gasteiger partial charge < -0.3 is 14.2 Å². The molecular weight excluding hydrogens is 437 g/mol. The molecule has 0 aliphatic heterocycles. The summed E-state index contributed by atoms with van der Waals surface area (Å²) in [5.74, 6) is -14.0. The van der Waals surface area contributed by atoms with Crippen LogP contribution in [0.25, 0.3) is 0 Å². The van der Waals surface area contributed by atoms with Crippen LogP contribution in [0.2, 0.25) is 0 Å². The Morgan fingerprint density at radius 2 is 1.61 bits per heavy atom. The van der Waals surface area contributed by atoms with E-state index in [1.54, 1.807) is 0 Å². The van der Waals surface area contributed by atoms with Gasteiger partial charge >= 0.3 is 45.2 Å². The Bertz CT molecular complexity index is 703. The maximum Gasteiger partial charge on any atom is 0.468 e. The van der Waals surface area contributed by atoms with Crippen LogP contribution in [0.3, 0.4) is 0 Å². The smallest absolute Gasteiger partial charge is 0.464 e. The molecule has 0 aromatic carbocycles. The second kappa shape index (κ2) is 8.60. The zero-order chi connectivity index (χ0) is 22.6. The van der Waals surface area contributed by atoms with Crippen LogP contribution < -0.4 is 0 Å². The Labute approximate surface area is 153 Å². The summed E-state index contributed by atoms with van der Waals surface area (Å²) >= 11 is 0. The van der Waals surface area contributed by atoms with Crippen LogP contribution in [0.4, 0.5) is 30.7 Å². The largest absolute Gasteiger partial charge is 0.468 e. The average Bonchev–Trinajstić information content (AvgIpc) is 2.54. The van der Waals surface area contributed by atoms with Crippen molar-refractivity contribution < 1.29 is 67.5 Å². The van der Waals surface area contributed by atoms with Crippen molar-refractivity contribution in [2.75, 3.05) is 13.7 Å². The Kier molecular flexibility index (Phi) is 8.01. The highest BCUT2D eigenvalue weighted by Crippen LogP contribution is 2.42. The minimum Gasteiger partial charge on any atom is -0.464 e. The molecule has 0 amide bonds. The number of ether oxygens (including phenoxy) is 3. The first-order chi connectivity index (χ1) is 12.4. The van der Waals surface area contributed by atoms with Crippen LogP contribution in [0.1, 0.15) is 12.8 Å². The Hall–Kier alpha value is -1.94. The van der Waals surface area contributed by atoms with E-state index in [9.17, 15) is 48.7 Å². The lowest BCUT2D eigenvalue weighted by Crippen LogP contribution is -2.58. The van der Waals surface area contributed by atoms with Crippen LogP contribution in [-0.2, 0) is 33.9 Å². The number of alkyl halides is 7. The molecule has 16 heteroatoms. The molecule has 1 atom stereocenters. The first-order valence-corrected chi connectivity index (χ1v) is 8.21. The van der Waals surface area contributed by atoms with E-state index in [1.165, 1.54) is 0 Å². The number of carbonyl (C=O) groups excluding carboxylic acids is 2. The fraction of sp³-hybridized carbons (Fsp3) is 0.667. The van der Waals surface area contributed by atoms with Gasteiger partial charge in [-0.05, 0) is 6.42 Å². The summed E-state index contributed by atoms with van der Waals surface area (Å²) in [6.07, 6.45) is -9.07. The molecule has 0 aliphatic carbocycles. The van der Waals surface area contributed by atoms with Crippen LogP contribution in [-0.4, -0.2) is 61.8 Å². The van der Waals surface area contributed by atoms with E-state index < -0.39 is 64.6 Å². The summed E-state index contributed by atoms with van der Waals surface area (Å²) in [6.45, 7) is 1.23. The van der Waals surface area contributed by atoms with Crippen molar-refractivity contribution in [2.45, 2.75) is 36.0 Å². The Balaban J connectivity index is 5.49. The molecule has 1 N–H and O–H groups in total. The van der Waals surface area contributed by atoms with Gasteiger partial charge in [-0.3, -0.25) is 4.55 Å². The van der Waals surface area contributed by atoms with Crippen molar-refractivity contribution in [3.8, 4) is 0 Å². The topological polar surface area (TPSA) is 116 Å². The number of hydrogen-bond donors (Lipinski definition) is 1. The summed E-state index contributed by atoms with van der Waals surface area (Å²) in [5, 5.41) is -5.95. The van der Waals surface area contributed by atoms with E-state index in [2.05, 4.69) is 20.8 Å². The third-order valence-corrected chi connectivity index (χ3v) is 3.88. The lowest BCUT2D eigenvalue weighted by atomic mass is 10.2. The fourth-order valence-electron chi connectivity index (χ4n) is 1.55. The van der Waals surface area contributed by atoms with Gasteiger partial charge in [-0.1, -0.05) is 6.58 Å². The molecule has 1 unspecified atom stereocenters. The first-order valence-electron chi connectivity index (χ1n) is 6.77. The second-order valence-electron chi connectivity index (χ2n) is 4.88. The molecule has 164 valence electrons. The van der Waals surface area contributed by atoms with Crippen LogP contribution in [0, 0.1) is 0 Å². The summed E-state index contributed by atoms with van der Waals surface area (Å²) in [6, 6.07) is 0. The van der Waals surface area contributed by atoms with Crippen molar-refractivity contribution in [3.63, 3.8) is 0 Å². The quantitative estimate of drug-likeness (QED) is 0.134. The van der Waals surface area contributed by atoms with Gasteiger partial charge in [-0.2, -0.15) is 39.2 Å². The molecule has 0 aliphatic rings. The van der Waals surface area contributed by atoms with Gasteiger partial charge in [0.05, 0.1) is 13.7 Å². The van der Waals surface area contributed by atoms with Crippen molar-refractivity contribution in [3.05, 3.63) is 12.7 Å². The monoisotopic (exact) mass is 450 g/mol. The van der Waals surface area contributed by atoms with Gasteiger partial charge in [0, 0.05) is 12.5 Å². The molecule has 0 fully saturated rings. The van der Waals surface area contributed by atoms with Gasteiger partial charge in [-0.25, -0.2) is 9.59 Å². The first kappa shape index (κ1) is 26.1. The van der Waals surface area contributed by atoms with E-state index in [1.807, 2.05) is 0 Å². The zero-order valence-corrected chi connectivity index (χ0v) is 14.6. The van der Waals surface area contributed by atoms with E-state index in [0.29, 0.717) is 7.11 Å². The molecule has 0 rings (SSSR count). The maximum atomic E-state index is 13.3. The highest BCUT2D eigenvalue weighted by molar-refractivity contribution is 7.87. The molecule has 0 aromatic rings. The van der Waals surface area contributed by atoms with E-state index in [-0.39, 0.29) is 6.08 Å². The van der Waals surface area contributed by atoms with Gasteiger partial charge in [-0.15, -0.1) is 0 Å². The molecular formula is C12H13F7O8S. The molecule has 0 aromatic heterocycles. The van der Waals surface area contributed by atoms with Crippen LogP contribution in [0.5, 0.6) is 0 Å². The molecule has 0 saturated carbocycles. The van der Waals surface area contributed by atoms with Crippen molar-refractivity contribution in [1.82, 2.24) is 0 Å². The van der Waals surface area contributed by atoms with Gasteiger partial charge in [0.2, 0.25) is 0 Å². The summed E-state index contributed by atoms with van der Waals surface area (Å²) < 4.78 is 133. The van der Waals surface area contributed by atoms with E-state index >= 15 is 0 Å². The normalized spacial score (nSPS) is 15.5. The lowest BCUT2D eigenvalue weighted by molar-refractivity contribution is -0.354. The van der Waals surface area contributed by atoms with Crippen LogP contribution >= 0.6 is 0 Å². The molecule has 0 spiro atoms. The van der Waals surface area contributed by atoms with Crippen molar-refractivity contribution in [2.24, 2.45) is 0 Å². The number of esters is 2. The summed E-state index contributed by atoms with van der Waals surface area (Å²) in [7, 11) is -6.10. The molecule has 0 heterocycles. The van der Waals surface area contributed by atoms with Crippen molar-refractivity contribution >= 4 is 22.1 Å². The number of methoxy groups -OCH3 is 1. The van der Waals surface area contributed by atoms with Gasteiger partial charge in [0.1, 0.15) is 0 Å². The number of halogens is 7. The van der Waals surface area contributed by atoms with E-state index in [4.69, 9.17) is 4.55 Å². The predicted octanol–water partition coefficient (Wildman–Crippen LogP) is 2.06. The molecule has 28 heavy (non-hydrogen) atoms. The maximum absolute atomic E-state index is 13.3. The molecule has 8 nitrogen and oxygen atoms in total. The molecule has 0 bridgehead atoms. The Morgan fingerprint density at radius 3 is 1.96 bits per heavy atom. The van der Waals surface area contributed by atoms with Crippen LogP contribution in [0.15, 0.2) is 12.7 Å². The minimum atomic E-state index is -6.54. The third-order valence-electron chi connectivity index (χ3n) is 2.93. The predicted molar refractivity (Wildman–Crippen MR) is 73.7 cm³/mol. The fourth-order valence-corrected chi connectivity index (χ4v) is 2.03. The number of carbonyl (C=O) groups is 2. The highest BCUT2D eigenvalue weighted by atomic mass is 32.2. The zero-order valence-electron chi connectivity index (χ0n) is 13.8. The van der Waals surface area contributed by atoms with Gasteiger partial charge in [0.15, 0.2) is 0 Å². The molecule has 0 saturated heterocycles. The summed E-state index contributed by atoms with van der Waals surface area (Å²) in [5.41, 5.74) is 0. The number of rotatable bonds is 10. The Morgan fingerprint density at radius 1 is 1.11 bits per heavy atom. The van der Waals surface area contributed by atoms with Crippen molar-refractivity contribution in [1.29, 1.82) is 0 Å². The second-order valence-corrected chi connectivity index (χ2v) is 6.34. The third kappa shape index (κ3) is 5.32.